The van der Waals surface area contributed by atoms with Crippen LogP contribution in [0.1, 0.15) is 39.2 Å². The Kier molecular flexibility index (Phi) is 7.61. The molecule has 0 fully saturated rings. The smallest absolute Gasteiger partial charge is 0.260 e. The third-order valence-corrected chi connectivity index (χ3v) is 2.90. The number of hydrogen-bond acceptors (Lipinski definition) is 4. The molecule has 5 heteroatoms. The van der Waals surface area contributed by atoms with Crippen LogP contribution in [-0.2, 0) is 11.4 Å². The normalized spacial score (nSPS) is 11.8. The third kappa shape index (κ3) is 5.63. The lowest BCUT2D eigenvalue weighted by atomic mass is 10.2. The summed E-state index contributed by atoms with van der Waals surface area (Å²) in [5.41, 5.74) is 0.633. The second-order valence-corrected chi connectivity index (χ2v) is 4.83. The number of carbonyl (C=O) groups excluding carboxylic acids is 1. The molecule has 5 nitrogen and oxygen atoms in total. The van der Waals surface area contributed by atoms with Crippen LogP contribution in [0.2, 0.25) is 0 Å². The summed E-state index contributed by atoms with van der Waals surface area (Å²) >= 11 is 0. The maximum absolute atomic E-state index is 11.8. The highest BCUT2D eigenvalue weighted by atomic mass is 16.5. The van der Waals surface area contributed by atoms with E-state index in [2.05, 4.69) is 5.32 Å². The van der Waals surface area contributed by atoms with Gasteiger partial charge in [-0.1, -0.05) is 13.8 Å². The van der Waals surface area contributed by atoms with Crippen molar-refractivity contribution in [1.29, 1.82) is 0 Å². The van der Waals surface area contributed by atoms with Gasteiger partial charge < -0.3 is 19.9 Å². The highest BCUT2D eigenvalue weighted by Gasteiger charge is 2.16. The van der Waals surface area contributed by atoms with Crippen LogP contribution in [0.4, 0.5) is 0 Å². The number of amides is 1. The quantitative estimate of drug-likeness (QED) is 0.733. The first-order valence-electron chi connectivity index (χ1n) is 7.43. The lowest BCUT2D eigenvalue weighted by Gasteiger charge is -2.17. The van der Waals surface area contributed by atoms with Crippen LogP contribution < -0.4 is 14.8 Å². The van der Waals surface area contributed by atoms with Gasteiger partial charge in [0.1, 0.15) is 11.5 Å². The molecule has 0 heterocycles. The number of aliphatic hydroxyl groups excluding tert-OH is 1. The molecule has 0 bridgehead atoms. The van der Waals surface area contributed by atoms with E-state index < -0.39 is 6.10 Å². The number of ether oxygens (including phenoxy) is 2. The van der Waals surface area contributed by atoms with E-state index in [0.29, 0.717) is 30.2 Å². The standard InChI is InChI=1S/C16H25NO4/c1-4-8-17-16(19)12(3)21-15-10-14(20-9-5-2)7-6-13(15)11-18/h6-7,10,12,18H,4-5,8-9,11H2,1-3H3,(H,17,19). The summed E-state index contributed by atoms with van der Waals surface area (Å²) in [4.78, 5) is 11.8. The average molecular weight is 295 g/mol. The van der Waals surface area contributed by atoms with Gasteiger partial charge in [-0.3, -0.25) is 4.79 Å². The summed E-state index contributed by atoms with van der Waals surface area (Å²) in [6.45, 7) is 6.80. The van der Waals surface area contributed by atoms with Crippen molar-refractivity contribution < 1.29 is 19.4 Å². The molecule has 0 aromatic heterocycles. The maximum atomic E-state index is 11.8. The second-order valence-electron chi connectivity index (χ2n) is 4.83. The molecule has 1 rings (SSSR count). The van der Waals surface area contributed by atoms with Gasteiger partial charge in [0.25, 0.3) is 5.91 Å². The van der Waals surface area contributed by atoms with Gasteiger partial charge >= 0.3 is 0 Å². The van der Waals surface area contributed by atoms with Gasteiger partial charge in [0, 0.05) is 18.2 Å². The van der Waals surface area contributed by atoms with E-state index in [9.17, 15) is 9.90 Å². The van der Waals surface area contributed by atoms with Gasteiger partial charge in [-0.05, 0) is 31.9 Å². The van der Waals surface area contributed by atoms with Crippen LogP contribution in [0.25, 0.3) is 0 Å². The summed E-state index contributed by atoms with van der Waals surface area (Å²) in [5, 5.41) is 12.1. The molecule has 1 atom stereocenters. The van der Waals surface area contributed by atoms with E-state index in [1.54, 1.807) is 25.1 Å². The molecular formula is C16H25NO4. The van der Waals surface area contributed by atoms with E-state index >= 15 is 0 Å². The topological polar surface area (TPSA) is 67.8 Å². The summed E-state index contributed by atoms with van der Waals surface area (Å²) in [7, 11) is 0. The van der Waals surface area contributed by atoms with Crippen molar-refractivity contribution in [2.24, 2.45) is 0 Å². The molecule has 0 radical (unpaired) electrons. The van der Waals surface area contributed by atoms with E-state index in [4.69, 9.17) is 9.47 Å². The summed E-state index contributed by atoms with van der Waals surface area (Å²) in [6, 6.07) is 5.25. The zero-order valence-electron chi connectivity index (χ0n) is 13.0. The van der Waals surface area contributed by atoms with Crippen molar-refractivity contribution in [3.63, 3.8) is 0 Å². The predicted molar refractivity (Wildman–Crippen MR) is 81.5 cm³/mol. The molecule has 0 aliphatic rings. The molecule has 118 valence electrons. The fourth-order valence-electron chi connectivity index (χ4n) is 1.72. The van der Waals surface area contributed by atoms with Crippen molar-refractivity contribution in [2.75, 3.05) is 13.2 Å². The van der Waals surface area contributed by atoms with Gasteiger partial charge in [-0.25, -0.2) is 0 Å². The molecule has 0 aliphatic heterocycles. The Hall–Kier alpha value is -1.75. The molecule has 0 saturated carbocycles. The van der Waals surface area contributed by atoms with Crippen LogP contribution in [0.15, 0.2) is 18.2 Å². The van der Waals surface area contributed by atoms with Crippen LogP contribution in [0.5, 0.6) is 11.5 Å². The molecule has 21 heavy (non-hydrogen) atoms. The zero-order valence-corrected chi connectivity index (χ0v) is 13.0. The van der Waals surface area contributed by atoms with Gasteiger partial charge in [0.15, 0.2) is 6.10 Å². The first-order valence-corrected chi connectivity index (χ1v) is 7.43. The maximum Gasteiger partial charge on any atom is 0.260 e. The largest absolute Gasteiger partial charge is 0.493 e. The highest BCUT2D eigenvalue weighted by Crippen LogP contribution is 2.26. The number of nitrogens with one attached hydrogen (secondary N) is 1. The van der Waals surface area contributed by atoms with Crippen LogP contribution in [-0.4, -0.2) is 30.3 Å². The average Bonchev–Trinajstić information content (AvgIpc) is 2.50. The summed E-state index contributed by atoms with van der Waals surface area (Å²) in [6.07, 6.45) is 1.16. The van der Waals surface area contributed by atoms with E-state index in [0.717, 1.165) is 12.8 Å². The van der Waals surface area contributed by atoms with Gasteiger partial charge in [-0.2, -0.15) is 0 Å². The minimum Gasteiger partial charge on any atom is -0.493 e. The molecule has 2 N–H and O–H groups in total. The Labute approximate surface area is 126 Å². The van der Waals surface area contributed by atoms with Crippen molar-refractivity contribution in [3.8, 4) is 11.5 Å². The number of rotatable bonds is 9. The van der Waals surface area contributed by atoms with Crippen LogP contribution in [0, 0.1) is 0 Å². The molecule has 0 aliphatic carbocycles. The fourth-order valence-corrected chi connectivity index (χ4v) is 1.72. The fraction of sp³-hybridized carbons (Fsp3) is 0.562. The molecule has 0 saturated heterocycles. The van der Waals surface area contributed by atoms with Gasteiger partial charge in [-0.15, -0.1) is 0 Å². The molecule has 1 aromatic rings. The Balaban J connectivity index is 2.76. The Bertz CT molecular complexity index is 448. The first kappa shape index (κ1) is 17.3. The second kappa shape index (κ2) is 9.23. The minimum absolute atomic E-state index is 0.146. The number of benzene rings is 1. The lowest BCUT2D eigenvalue weighted by molar-refractivity contribution is -0.127. The highest BCUT2D eigenvalue weighted by molar-refractivity contribution is 5.80. The van der Waals surface area contributed by atoms with Crippen molar-refractivity contribution in [3.05, 3.63) is 23.8 Å². The molecule has 1 aromatic carbocycles. The Morgan fingerprint density at radius 1 is 1.33 bits per heavy atom. The zero-order chi connectivity index (χ0) is 15.7. The Morgan fingerprint density at radius 3 is 2.71 bits per heavy atom. The molecule has 1 amide bonds. The van der Waals surface area contributed by atoms with Gasteiger partial charge in [0.05, 0.1) is 13.2 Å². The molecule has 0 spiro atoms. The monoisotopic (exact) mass is 295 g/mol. The van der Waals surface area contributed by atoms with E-state index in [1.165, 1.54) is 0 Å². The van der Waals surface area contributed by atoms with E-state index in [1.807, 2.05) is 13.8 Å². The summed E-state index contributed by atoms with van der Waals surface area (Å²) in [5.74, 6) is 0.982. The Morgan fingerprint density at radius 2 is 2.10 bits per heavy atom. The number of carbonyl (C=O) groups is 1. The van der Waals surface area contributed by atoms with Gasteiger partial charge in [0.2, 0.25) is 0 Å². The SMILES string of the molecule is CCCNC(=O)C(C)Oc1cc(OCCC)ccc1CO. The van der Waals surface area contributed by atoms with Crippen molar-refractivity contribution in [1.82, 2.24) is 5.32 Å². The lowest BCUT2D eigenvalue weighted by Crippen LogP contribution is -2.36. The third-order valence-electron chi connectivity index (χ3n) is 2.90. The molecule has 1 unspecified atom stereocenters. The van der Waals surface area contributed by atoms with E-state index in [-0.39, 0.29) is 12.5 Å². The van der Waals surface area contributed by atoms with Crippen molar-refractivity contribution in [2.45, 2.75) is 46.3 Å². The van der Waals surface area contributed by atoms with Crippen LogP contribution in [0.3, 0.4) is 0 Å². The minimum atomic E-state index is -0.622. The van der Waals surface area contributed by atoms with Crippen molar-refractivity contribution >= 4 is 5.91 Å². The number of aliphatic hydroxyl groups is 1. The molecular weight excluding hydrogens is 270 g/mol. The summed E-state index contributed by atoms with van der Waals surface area (Å²) < 4.78 is 11.2. The first-order chi connectivity index (χ1) is 10.1. The predicted octanol–water partition coefficient (Wildman–Crippen LogP) is 2.26. The van der Waals surface area contributed by atoms with Crippen LogP contribution >= 0.6 is 0 Å². The number of hydrogen-bond donors (Lipinski definition) is 2.